The lowest BCUT2D eigenvalue weighted by Gasteiger charge is -2.44. The van der Waals surface area contributed by atoms with Gasteiger partial charge in [0.05, 0.1) is 27.8 Å². The van der Waals surface area contributed by atoms with Crippen LogP contribution in [0.1, 0.15) is 182 Å². The molecular weight excluding hydrogens is 1340 g/mol. The molecule has 4 heterocycles. The lowest BCUT2D eigenvalue weighted by Crippen LogP contribution is -2.61. The van der Waals surface area contributed by atoms with E-state index in [9.17, 15) is 0 Å². The summed E-state index contributed by atoms with van der Waals surface area (Å²) in [6.07, 6.45) is 4.70. The van der Waals surface area contributed by atoms with Gasteiger partial charge in [-0.1, -0.05) is 288 Å². The van der Waals surface area contributed by atoms with Crippen LogP contribution in [0.15, 0.2) is 267 Å². The first-order valence-electron chi connectivity index (χ1n) is 40.7. The standard InChI is InChI=1S/C106H103BN4/c1-100(2,3)74-37-27-67(28-38-74)73-36-50-95-90(60-73)107-89-48-45-79(110-93-51-39-75(101(4,5)6)61-83(93)84-62-76(102(7,8)9)40-52-94(84)110)63-96(89)109(78-43-31-69(32-44-78)72-34-47-86-88(59-72)106(16,17)56-54-104(86,12)13)98-65-80(111-91-26-22-21-25-81(91)82-57-70(35-49-92(82)111)66-23-19-18-20-24-66)64-97(99(98)107)108(95)77-41-29-68(30-42-77)71-33-46-85-87(58-71)105(14,15)55-53-103(85,10)11/h18-52,57-65H,53-56H2,1-17H3. The van der Waals surface area contributed by atoms with Crippen LogP contribution in [-0.2, 0) is 37.9 Å². The van der Waals surface area contributed by atoms with Crippen LogP contribution in [0.25, 0.3) is 99.5 Å². The van der Waals surface area contributed by atoms with E-state index in [-0.39, 0.29) is 44.6 Å². The van der Waals surface area contributed by atoms with E-state index < -0.39 is 0 Å². The van der Waals surface area contributed by atoms with Gasteiger partial charge in [0.25, 0.3) is 6.71 Å². The van der Waals surface area contributed by atoms with Crippen LogP contribution in [-0.4, -0.2) is 15.8 Å². The van der Waals surface area contributed by atoms with Gasteiger partial charge in [-0.3, -0.25) is 0 Å². The summed E-state index contributed by atoms with van der Waals surface area (Å²) in [4.78, 5) is 5.28. The molecule has 0 spiro atoms. The summed E-state index contributed by atoms with van der Waals surface area (Å²) in [7, 11) is 0. The second kappa shape index (κ2) is 24.8. The molecule has 0 atom stereocenters. The van der Waals surface area contributed by atoms with Crippen molar-refractivity contribution < 1.29 is 0 Å². The normalized spacial score (nSPS) is 16.1. The highest BCUT2D eigenvalue weighted by atomic mass is 15.2. The molecule has 4 nitrogen and oxygen atoms in total. The van der Waals surface area contributed by atoms with Gasteiger partial charge in [0, 0.05) is 61.4 Å². The Balaban J connectivity index is 0.899. The first kappa shape index (κ1) is 70.5. The van der Waals surface area contributed by atoms with Crippen LogP contribution in [0, 0.1) is 0 Å². The molecule has 19 rings (SSSR count). The first-order valence-corrected chi connectivity index (χ1v) is 40.7. The van der Waals surface area contributed by atoms with Crippen molar-refractivity contribution in [1.82, 2.24) is 9.13 Å². The van der Waals surface area contributed by atoms with Crippen molar-refractivity contribution in [3.05, 3.63) is 306 Å². The van der Waals surface area contributed by atoms with E-state index >= 15 is 0 Å². The van der Waals surface area contributed by atoms with Gasteiger partial charge in [0.1, 0.15) is 0 Å². The molecule has 0 bridgehead atoms. The molecule has 0 saturated carbocycles. The smallest absolute Gasteiger partial charge is 0.252 e. The highest BCUT2D eigenvalue weighted by Crippen LogP contribution is 2.53. The van der Waals surface area contributed by atoms with Crippen molar-refractivity contribution in [2.24, 2.45) is 0 Å². The Morgan fingerprint density at radius 2 is 0.622 bits per heavy atom. The molecule has 4 aliphatic rings. The first-order chi connectivity index (χ1) is 52.9. The Hall–Kier alpha value is -10.9. The molecule has 15 aromatic rings. The lowest BCUT2D eigenvalue weighted by atomic mass is 9.33. The van der Waals surface area contributed by atoms with E-state index in [2.05, 4.69) is 404 Å². The molecule has 0 unspecified atom stereocenters. The molecule has 0 radical (unpaired) electrons. The predicted octanol–water partition coefficient (Wildman–Crippen LogP) is 27.2. The quantitative estimate of drug-likeness (QED) is 0.141. The zero-order valence-corrected chi connectivity index (χ0v) is 68.1. The molecule has 13 aromatic carbocycles. The molecule has 550 valence electrons. The van der Waals surface area contributed by atoms with Crippen LogP contribution in [0.5, 0.6) is 0 Å². The third-order valence-corrected chi connectivity index (χ3v) is 26.5. The number of hydrogen-bond donors (Lipinski definition) is 0. The van der Waals surface area contributed by atoms with Crippen molar-refractivity contribution in [3.63, 3.8) is 0 Å². The van der Waals surface area contributed by atoms with Gasteiger partial charge in [0.15, 0.2) is 0 Å². The molecule has 0 fully saturated rings. The minimum absolute atomic E-state index is 0.0115. The van der Waals surface area contributed by atoms with E-state index in [0.717, 1.165) is 57.3 Å². The summed E-state index contributed by atoms with van der Waals surface area (Å²) >= 11 is 0. The fraction of sp³-hybridized carbons (Fsp3) is 0.264. The number of fused-ring (bicyclic) bond motifs is 12. The van der Waals surface area contributed by atoms with Crippen molar-refractivity contribution in [3.8, 4) is 55.9 Å². The molecule has 0 amide bonds. The van der Waals surface area contributed by atoms with E-state index in [4.69, 9.17) is 0 Å². The van der Waals surface area contributed by atoms with Crippen molar-refractivity contribution in [1.29, 1.82) is 0 Å². The zero-order valence-electron chi connectivity index (χ0n) is 68.1. The van der Waals surface area contributed by atoms with Crippen molar-refractivity contribution in [2.75, 3.05) is 9.80 Å². The van der Waals surface area contributed by atoms with Crippen LogP contribution < -0.4 is 26.2 Å². The van der Waals surface area contributed by atoms with E-state index in [0.29, 0.717) is 0 Å². The largest absolute Gasteiger partial charge is 0.311 e. The molecule has 5 heteroatoms. The average molecular weight is 1440 g/mol. The third-order valence-electron chi connectivity index (χ3n) is 26.5. The minimum atomic E-state index is -0.192. The van der Waals surface area contributed by atoms with Crippen LogP contribution >= 0.6 is 0 Å². The number of para-hydroxylation sites is 1. The van der Waals surface area contributed by atoms with Gasteiger partial charge in [-0.15, -0.1) is 0 Å². The van der Waals surface area contributed by atoms with Crippen LogP contribution in [0.3, 0.4) is 0 Å². The number of aromatic nitrogens is 2. The van der Waals surface area contributed by atoms with Gasteiger partial charge < -0.3 is 18.9 Å². The molecule has 0 N–H and O–H groups in total. The molecule has 2 aromatic heterocycles. The highest BCUT2D eigenvalue weighted by molar-refractivity contribution is 7.00. The molecule has 2 aliphatic carbocycles. The third kappa shape index (κ3) is 11.5. The number of hydrogen-bond acceptors (Lipinski definition) is 2. The summed E-state index contributed by atoms with van der Waals surface area (Å²) in [6.45, 7) is 40.3. The van der Waals surface area contributed by atoms with Gasteiger partial charge in [-0.05, 0) is 260 Å². The summed E-state index contributed by atoms with van der Waals surface area (Å²) in [5.41, 5.74) is 37.5. The van der Waals surface area contributed by atoms with Gasteiger partial charge in [-0.2, -0.15) is 0 Å². The number of anilines is 6. The molecular formula is C106H103BN4. The summed E-state index contributed by atoms with van der Waals surface area (Å²) in [6, 6.07) is 105. The Labute approximate surface area is 658 Å². The maximum Gasteiger partial charge on any atom is 0.252 e. The Morgan fingerprint density at radius 3 is 1.14 bits per heavy atom. The fourth-order valence-corrected chi connectivity index (χ4v) is 19.6. The topological polar surface area (TPSA) is 16.3 Å². The predicted molar refractivity (Wildman–Crippen MR) is 478 cm³/mol. The maximum atomic E-state index is 2.66. The number of rotatable bonds is 8. The number of benzene rings is 13. The lowest BCUT2D eigenvalue weighted by molar-refractivity contribution is 0.332. The number of nitrogens with zero attached hydrogens (tertiary/aromatic N) is 4. The summed E-state index contributed by atoms with van der Waals surface area (Å²) in [5.74, 6) is 0. The monoisotopic (exact) mass is 1440 g/mol. The molecule has 2 aliphatic heterocycles. The van der Waals surface area contributed by atoms with Gasteiger partial charge in [-0.25, -0.2) is 0 Å². The maximum absolute atomic E-state index is 2.66. The highest BCUT2D eigenvalue weighted by Gasteiger charge is 2.46. The SMILES string of the molecule is CC(C)(C)c1ccc(-c2ccc3c(c2)B2c4ccc(-n5c6ccc(C(C)(C)C)cc6c6cc(C(C)(C)C)ccc65)cc4N(c4ccc(-c5ccc6c(c5)C(C)(C)CCC6(C)C)cc4)c4cc(-n5c6ccccc6c6cc(-c7ccccc7)ccc65)cc(c42)N3c2ccc(-c3ccc4c(c3)C(C)(C)CCC4(C)C)cc2)cc1. The second-order valence-corrected chi connectivity index (χ2v) is 38.7. The van der Waals surface area contributed by atoms with E-state index in [1.54, 1.807) is 0 Å². The van der Waals surface area contributed by atoms with Crippen LogP contribution in [0.2, 0.25) is 0 Å². The Morgan fingerprint density at radius 1 is 0.252 bits per heavy atom. The van der Waals surface area contributed by atoms with E-state index in [1.807, 2.05) is 0 Å². The van der Waals surface area contributed by atoms with Crippen LogP contribution in [0.4, 0.5) is 34.1 Å². The summed E-state index contributed by atoms with van der Waals surface area (Å²) < 4.78 is 5.13. The Kier molecular flexibility index (Phi) is 15.8. The summed E-state index contributed by atoms with van der Waals surface area (Å²) in [5, 5.41) is 4.99. The molecule has 111 heavy (non-hydrogen) atoms. The second-order valence-electron chi connectivity index (χ2n) is 38.7. The average Bonchev–Trinajstić information content (AvgIpc) is 1.42. The zero-order chi connectivity index (χ0) is 77.0. The van der Waals surface area contributed by atoms with Gasteiger partial charge >= 0.3 is 0 Å². The van der Waals surface area contributed by atoms with Crippen molar-refractivity contribution >= 4 is 101 Å². The van der Waals surface area contributed by atoms with E-state index in [1.165, 1.54) is 157 Å². The Bertz CT molecular complexity index is 6240. The fourth-order valence-electron chi connectivity index (χ4n) is 19.6. The minimum Gasteiger partial charge on any atom is -0.311 e. The van der Waals surface area contributed by atoms with Crippen molar-refractivity contribution in [2.45, 2.75) is 181 Å². The molecule has 0 saturated heterocycles. The van der Waals surface area contributed by atoms with Gasteiger partial charge in [0.2, 0.25) is 0 Å².